The molecule has 17 heteroatoms. The molecule has 386 valence electrons. The number of pyridine rings is 1. The topological polar surface area (TPSA) is 147 Å². The maximum atomic E-state index is 17.2. The highest BCUT2D eigenvalue weighted by Gasteiger charge is 2.54. The zero-order chi connectivity index (χ0) is 50.6. The third kappa shape index (κ3) is 8.94. The summed E-state index contributed by atoms with van der Waals surface area (Å²) in [6.07, 6.45) is 12.1. The number of anilines is 2. The van der Waals surface area contributed by atoms with E-state index in [1.165, 1.54) is 62.2 Å². The number of halogens is 4. The summed E-state index contributed by atoms with van der Waals surface area (Å²) in [6, 6.07) is 9.21. The van der Waals surface area contributed by atoms with Gasteiger partial charge in [-0.05, 0) is 141 Å². The van der Waals surface area contributed by atoms with Gasteiger partial charge in [-0.25, -0.2) is 17.6 Å². The Morgan fingerprint density at radius 3 is 2.23 bits per heavy atom. The third-order valence-corrected chi connectivity index (χ3v) is 18.0. The number of aliphatic hydroxyl groups is 1. The van der Waals surface area contributed by atoms with Crippen LogP contribution in [0.5, 0.6) is 11.8 Å². The van der Waals surface area contributed by atoms with Gasteiger partial charge in [0.2, 0.25) is 11.8 Å². The minimum absolute atomic E-state index is 0.00780. The number of aryl methyl sites for hydroxylation is 1. The van der Waals surface area contributed by atoms with Crippen molar-refractivity contribution in [2.24, 2.45) is 16.2 Å². The fraction of sp³-hybridized carbons (Fsp3) is 0.554. The van der Waals surface area contributed by atoms with Crippen molar-refractivity contribution < 1.29 is 42.1 Å². The van der Waals surface area contributed by atoms with E-state index in [1.807, 2.05) is 11.8 Å². The zero-order valence-corrected chi connectivity index (χ0v) is 41.7. The van der Waals surface area contributed by atoms with E-state index in [0.717, 1.165) is 71.5 Å². The number of carbonyl (C=O) groups excluding carboxylic acids is 2. The predicted molar refractivity (Wildman–Crippen MR) is 269 cm³/mol. The molecular formula is C56H64F4N8O5. The van der Waals surface area contributed by atoms with Crippen LogP contribution in [0.3, 0.4) is 0 Å². The number of likely N-dealkylation sites (tertiary alicyclic amines) is 2. The van der Waals surface area contributed by atoms with E-state index in [9.17, 15) is 19.8 Å². The lowest BCUT2D eigenvalue weighted by Crippen LogP contribution is -2.65. The normalized spacial score (nSPS) is 25.1. The number of hydrogen-bond acceptors (Lipinski definition) is 12. The van der Waals surface area contributed by atoms with Gasteiger partial charge in [0.1, 0.15) is 40.2 Å². The molecule has 2 spiro atoms. The van der Waals surface area contributed by atoms with E-state index >= 15 is 17.6 Å². The number of nitrogens with one attached hydrogen (secondary N) is 1. The summed E-state index contributed by atoms with van der Waals surface area (Å²) in [5.41, 5.74) is 0.397. The molecule has 12 rings (SSSR count). The number of fused-ring (bicyclic) bond motifs is 2. The van der Waals surface area contributed by atoms with E-state index in [-0.39, 0.29) is 57.8 Å². The monoisotopic (exact) mass is 1000 g/mol. The summed E-state index contributed by atoms with van der Waals surface area (Å²) < 4.78 is 69.5. The van der Waals surface area contributed by atoms with Crippen LogP contribution >= 0.6 is 0 Å². The van der Waals surface area contributed by atoms with Gasteiger partial charge in [-0.15, -0.1) is 0 Å². The number of piperidine rings is 3. The quantitative estimate of drug-likeness (QED) is 0.0861. The summed E-state index contributed by atoms with van der Waals surface area (Å²) >= 11 is 0. The number of aromatic nitrogens is 3. The standard InChI is InChI=1S/C56H64F4N8O5/c1-3-37-41(57)7-5-33-21-36(69)24-39(45(33)37)48-47(60)49-40(25-61-48)50(67-18-4-11-53(2,72)26-67)64-52(63-49)73-32-56(14-15-56)29-65-27-54(28-65)12-9-34(10-13-54)68-30-55(31-68)16-19-66(20-17-55)35-22-42(58)46(43(59)23-35)38-6-8-44(70)62-51(38)71/h5,7,21-25,34,38,69,72H,3-4,6,8-20,26-32H2,1-2H3,(H,62,70,71)/t38?,53-/m1/s1. The molecule has 7 heterocycles. The molecule has 7 fully saturated rings. The molecule has 2 aliphatic carbocycles. The highest BCUT2D eigenvalue weighted by molar-refractivity contribution is 6.02. The first kappa shape index (κ1) is 48.3. The zero-order valence-electron chi connectivity index (χ0n) is 41.7. The van der Waals surface area contributed by atoms with Crippen molar-refractivity contribution in [1.82, 2.24) is 30.1 Å². The first-order valence-corrected chi connectivity index (χ1v) is 26.5. The van der Waals surface area contributed by atoms with E-state index in [2.05, 4.69) is 25.0 Å². The van der Waals surface area contributed by atoms with Crippen LogP contribution in [0.25, 0.3) is 32.9 Å². The Bertz CT molecular complexity index is 3000. The van der Waals surface area contributed by atoms with Crippen molar-refractivity contribution in [2.45, 2.75) is 115 Å². The summed E-state index contributed by atoms with van der Waals surface area (Å²) in [7, 11) is 0. The number of ether oxygens (including phenoxy) is 1. The van der Waals surface area contributed by atoms with Gasteiger partial charge in [0, 0.05) is 99.8 Å². The molecule has 5 aromatic rings. The van der Waals surface area contributed by atoms with E-state index in [1.54, 1.807) is 13.0 Å². The summed E-state index contributed by atoms with van der Waals surface area (Å²) in [4.78, 5) is 47.3. The fourth-order valence-electron chi connectivity index (χ4n) is 13.8. The van der Waals surface area contributed by atoms with Gasteiger partial charge in [-0.1, -0.05) is 13.0 Å². The Labute approximate surface area is 422 Å². The van der Waals surface area contributed by atoms with Gasteiger partial charge >= 0.3 is 6.01 Å². The number of β-amino-alcohol motifs (C(OH)–C–C–N with tert-alkyl or cyclic N) is 1. The molecule has 73 heavy (non-hydrogen) atoms. The average molecular weight is 1010 g/mol. The van der Waals surface area contributed by atoms with Gasteiger partial charge in [0.05, 0.1) is 23.5 Å². The van der Waals surface area contributed by atoms with Gasteiger partial charge < -0.3 is 29.6 Å². The summed E-state index contributed by atoms with van der Waals surface area (Å²) in [6.45, 7) is 11.5. The minimum Gasteiger partial charge on any atom is -0.508 e. The number of benzene rings is 3. The molecule has 2 atom stereocenters. The van der Waals surface area contributed by atoms with Crippen molar-refractivity contribution in [3.05, 3.63) is 77.0 Å². The molecule has 1 unspecified atom stereocenters. The van der Waals surface area contributed by atoms with Crippen LogP contribution in [0.15, 0.2) is 42.6 Å². The Hall–Kier alpha value is -5.65. The smallest absolute Gasteiger partial charge is 0.319 e. The van der Waals surface area contributed by atoms with Gasteiger partial charge in [0.25, 0.3) is 0 Å². The molecule has 0 bridgehead atoms. The maximum Gasteiger partial charge on any atom is 0.319 e. The molecule has 5 saturated heterocycles. The lowest BCUT2D eigenvalue weighted by atomic mass is 9.65. The van der Waals surface area contributed by atoms with Crippen molar-refractivity contribution in [1.29, 1.82) is 0 Å². The average Bonchev–Trinajstić information content (AvgIpc) is 4.11. The molecule has 0 radical (unpaired) electrons. The molecule has 13 nitrogen and oxygen atoms in total. The molecule has 3 N–H and O–H groups in total. The second-order valence-corrected chi connectivity index (χ2v) is 23.4. The second-order valence-electron chi connectivity index (χ2n) is 23.4. The van der Waals surface area contributed by atoms with Crippen molar-refractivity contribution in [2.75, 3.05) is 75.3 Å². The molecule has 2 saturated carbocycles. The minimum atomic E-state index is -1.01. The van der Waals surface area contributed by atoms with Gasteiger partial charge in [-0.2, -0.15) is 9.97 Å². The second kappa shape index (κ2) is 18.0. The van der Waals surface area contributed by atoms with E-state index in [0.29, 0.717) is 83.6 Å². The van der Waals surface area contributed by atoms with Gasteiger partial charge in [-0.3, -0.25) is 24.8 Å². The number of amides is 2. The number of carbonyl (C=O) groups is 2. The number of aromatic hydroxyl groups is 1. The van der Waals surface area contributed by atoms with Crippen molar-refractivity contribution in [3.8, 4) is 23.0 Å². The molecule has 2 amide bonds. The Morgan fingerprint density at radius 2 is 1.55 bits per heavy atom. The molecule has 2 aromatic heterocycles. The van der Waals surface area contributed by atoms with Crippen molar-refractivity contribution in [3.63, 3.8) is 0 Å². The number of nitrogens with zero attached hydrogens (tertiary/aromatic N) is 7. The number of imide groups is 1. The van der Waals surface area contributed by atoms with Crippen LogP contribution in [0.4, 0.5) is 29.1 Å². The lowest BCUT2D eigenvalue weighted by molar-refractivity contribution is -0.134. The van der Waals surface area contributed by atoms with Crippen LogP contribution < -0.4 is 19.9 Å². The summed E-state index contributed by atoms with van der Waals surface area (Å²) in [5.74, 6) is -4.35. The maximum absolute atomic E-state index is 17.2. The predicted octanol–water partition coefficient (Wildman–Crippen LogP) is 8.55. The van der Waals surface area contributed by atoms with Gasteiger partial charge in [0.15, 0.2) is 5.82 Å². The largest absolute Gasteiger partial charge is 0.508 e. The highest BCUT2D eigenvalue weighted by atomic mass is 19.1. The molecule has 5 aliphatic heterocycles. The molecular weight excluding hydrogens is 941 g/mol. The number of phenolic OH excluding ortho intramolecular Hbond substituents is 1. The Morgan fingerprint density at radius 1 is 0.822 bits per heavy atom. The highest BCUT2D eigenvalue weighted by Crippen LogP contribution is 2.53. The number of rotatable bonds is 11. The van der Waals surface area contributed by atoms with Crippen LogP contribution in [-0.4, -0.2) is 124 Å². The number of hydrogen-bond donors (Lipinski definition) is 3. The fourth-order valence-corrected chi connectivity index (χ4v) is 13.8. The first-order valence-electron chi connectivity index (χ1n) is 26.5. The summed E-state index contributed by atoms with van der Waals surface area (Å²) in [5, 5.41) is 25.5. The van der Waals surface area contributed by atoms with E-state index < -0.39 is 46.6 Å². The van der Waals surface area contributed by atoms with E-state index in [4.69, 9.17) is 14.7 Å². The SMILES string of the molecule is CCc1c(F)ccc2cc(O)cc(-c3ncc4c(N5CCC[C@@](C)(O)C5)nc(OCC5(CN6CC7(CCC(N8CC9(CCN(c%10cc(F)c(C%11CCC(=O)NC%11=O)c(F)c%10)CC9)C8)CC7)C6)CC5)nc4c3F)c12. The third-order valence-electron chi connectivity index (χ3n) is 18.0. The Balaban J connectivity index is 0.666. The van der Waals surface area contributed by atoms with Crippen molar-refractivity contribution >= 4 is 45.0 Å². The first-order chi connectivity index (χ1) is 35.0. The number of phenols is 1. The van der Waals surface area contributed by atoms with Crippen LogP contribution in [-0.2, 0) is 16.0 Å². The Kier molecular flexibility index (Phi) is 11.9. The molecule has 7 aliphatic rings. The van der Waals surface area contributed by atoms with Crippen LogP contribution in [0.1, 0.15) is 108 Å². The van der Waals surface area contributed by atoms with Crippen LogP contribution in [0.2, 0.25) is 0 Å². The lowest BCUT2D eigenvalue weighted by Gasteiger charge is -2.60. The molecule has 3 aromatic carbocycles. The van der Waals surface area contributed by atoms with Crippen LogP contribution in [0, 0.1) is 39.5 Å².